The SMILES string of the molecule is COc1ccc(C(=O)N/C(=C/c2ccc(OC)c(OC)c2)C(=O)NCC(=O)O)cc1. The lowest BCUT2D eigenvalue weighted by molar-refractivity contribution is -0.137. The van der Waals surface area contributed by atoms with E-state index in [9.17, 15) is 14.4 Å². The van der Waals surface area contributed by atoms with Crippen molar-refractivity contribution in [1.29, 1.82) is 0 Å². The standard InChI is InChI=1S/C21H22N2O7/c1-28-15-7-5-14(6-8-15)20(26)23-16(21(27)22-12-19(24)25)10-13-4-9-17(29-2)18(11-13)30-3/h4-11H,12H2,1-3H3,(H,22,27)(H,23,26)(H,24,25)/b16-10+. The van der Waals surface area contributed by atoms with Gasteiger partial charge in [0.25, 0.3) is 11.8 Å². The summed E-state index contributed by atoms with van der Waals surface area (Å²) in [7, 11) is 4.47. The number of aliphatic carboxylic acids is 1. The maximum Gasteiger partial charge on any atom is 0.322 e. The van der Waals surface area contributed by atoms with E-state index in [0.29, 0.717) is 28.4 Å². The Morgan fingerprint density at radius 3 is 2.17 bits per heavy atom. The Balaban J connectivity index is 2.33. The molecule has 2 aromatic rings. The molecule has 0 bridgehead atoms. The fourth-order valence-corrected chi connectivity index (χ4v) is 2.46. The number of nitrogens with one attached hydrogen (secondary N) is 2. The fourth-order valence-electron chi connectivity index (χ4n) is 2.46. The van der Waals surface area contributed by atoms with Crippen LogP contribution in [0.5, 0.6) is 17.2 Å². The van der Waals surface area contributed by atoms with Gasteiger partial charge >= 0.3 is 5.97 Å². The van der Waals surface area contributed by atoms with E-state index in [1.807, 2.05) is 0 Å². The molecule has 0 aliphatic rings. The molecule has 0 heterocycles. The summed E-state index contributed by atoms with van der Waals surface area (Å²) in [6.45, 7) is -0.597. The second-order valence-electron chi connectivity index (χ2n) is 5.93. The van der Waals surface area contributed by atoms with Crippen LogP contribution in [-0.4, -0.2) is 50.8 Å². The molecule has 0 fully saturated rings. The first-order chi connectivity index (χ1) is 14.4. The number of hydrogen-bond donors (Lipinski definition) is 3. The zero-order valence-electron chi connectivity index (χ0n) is 16.7. The van der Waals surface area contributed by atoms with E-state index in [-0.39, 0.29) is 5.70 Å². The molecule has 0 aliphatic heterocycles. The van der Waals surface area contributed by atoms with Gasteiger partial charge in [-0.05, 0) is 48.0 Å². The summed E-state index contributed by atoms with van der Waals surface area (Å²) in [6.07, 6.45) is 1.40. The van der Waals surface area contributed by atoms with Gasteiger partial charge in [0.1, 0.15) is 18.0 Å². The highest BCUT2D eigenvalue weighted by Crippen LogP contribution is 2.28. The zero-order chi connectivity index (χ0) is 22.1. The van der Waals surface area contributed by atoms with Gasteiger partial charge in [-0.15, -0.1) is 0 Å². The van der Waals surface area contributed by atoms with E-state index in [2.05, 4.69) is 10.6 Å². The van der Waals surface area contributed by atoms with Crippen LogP contribution in [0, 0.1) is 0 Å². The van der Waals surface area contributed by atoms with Crippen LogP contribution in [0.25, 0.3) is 6.08 Å². The van der Waals surface area contributed by atoms with Gasteiger partial charge in [-0.3, -0.25) is 14.4 Å². The van der Waals surface area contributed by atoms with Gasteiger partial charge in [0, 0.05) is 5.56 Å². The van der Waals surface area contributed by atoms with Gasteiger partial charge < -0.3 is 30.0 Å². The van der Waals surface area contributed by atoms with E-state index in [1.54, 1.807) is 30.3 Å². The molecule has 9 heteroatoms. The predicted molar refractivity (Wildman–Crippen MR) is 109 cm³/mol. The quantitative estimate of drug-likeness (QED) is 0.534. The van der Waals surface area contributed by atoms with E-state index in [4.69, 9.17) is 19.3 Å². The monoisotopic (exact) mass is 414 g/mol. The van der Waals surface area contributed by atoms with Crippen LogP contribution in [0.15, 0.2) is 48.2 Å². The van der Waals surface area contributed by atoms with E-state index in [0.717, 1.165) is 0 Å². The Bertz CT molecular complexity index is 952. The van der Waals surface area contributed by atoms with Crippen LogP contribution < -0.4 is 24.8 Å². The van der Waals surface area contributed by atoms with Crippen LogP contribution in [0.2, 0.25) is 0 Å². The molecule has 3 N–H and O–H groups in total. The summed E-state index contributed by atoms with van der Waals surface area (Å²) in [5.41, 5.74) is 0.687. The molecular weight excluding hydrogens is 392 g/mol. The smallest absolute Gasteiger partial charge is 0.322 e. The number of carboxylic acids is 1. The summed E-state index contributed by atoms with van der Waals surface area (Å²) in [5, 5.41) is 13.5. The average molecular weight is 414 g/mol. The summed E-state index contributed by atoms with van der Waals surface area (Å²) in [5.74, 6) is -1.02. The van der Waals surface area contributed by atoms with Crippen LogP contribution in [-0.2, 0) is 9.59 Å². The molecule has 0 radical (unpaired) electrons. The molecule has 2 aromatic carbocycles. The van der Waals surface area contributed by atoms with Gasteiger partial charge in [0.2, 0.25) is 0 Å². The first-order valence-electron chi connectivity index (χ1n) is 8.77. The Hall–Kier alpha value is -4.01. The fraction of sp³-hybridized carbons (Fsp3) is 0.190. The highest BCUT2D eigenvalue weighted by Gasteiger charge is 2.16. The lowest BCUT2D eigenvalue weighted by atomic mass is 10.1. The van der Waals surface area contributed by atoms with Crippen molar-refractivity contribution in [3.05, 3.63) is 59.3 Å². The predicted octanol–water partition coefficient (Wildman–Crippen LogP) is 1.68. The Kier molecular flexibility index (Phi) is 7.81. The highest BCUT2D eigenvalue weighted by atomic mass is 16.5. The van der Waals surface area contributed by atoms with Gasteiger partial charge in [-0.25, -0.2) is 0 Å². The second-order valence-corrected chi connectivity index (χ2v) is 5.93. The number of rotatable bonds is 9. The first-order valence-corrected chi connectivity index (χ1v) is 8.77. The number of methoxy groups -OCH3 is 3. The summed E-state index contributed by atoms with van der Waals surface area (Å²) < 4.78 is 15.5. The van der Waals surface area contributed by atoms with Gasteiger partial charge in [0.15, 0.2) is 11.5 Å². The van der Waals surface area contributed by atoms with Gasteiger partial charge in [-0.1, -0.05) is 6.07 Å². The number of carbonyl (C=O) groups excluding carboxylic acids is 2. The van der Waals surface area contributed by atoms with Crippen molar-refractivity contribution >= 4 is 23.9 Å². The molecule has 0 unspecified atom stereocenters. The summed E-state index contributed by atoms with van der Waals surface area (Å²) >= 11 is 0. The molecule has 2 rings (SSSR count). The Morgan fingerprint density at radius 1 is 0.933 bits per heavy atom. The number of amides is 2. The van der Waals surface area contributed by atoms with E-state index in [1.165, 1.54) is 39.5 Å². The van der Waals surface area contributed by atoms with E-state index < -0.39 is 24.3 Å². The lowest BCUT2D eigenvalue weighted by Gasteiger charge is -2.12. The van der Waals surface area contributed by atoms with Gasteiger partial charge in [-0.2, -0.15) is 0 Å². The minimum atomic E-state index is -1.21. The molecule has 0 spiro atoms. The number of carbonyl (C=O) groups is 3. The minimum absolute atomic E-state index is 0.135. The number of carboxylic acid groups (broad SMARTS) is 1. The third-order valence-electron chi connectivity index (χ3n) is 3.96. The first kappa shape index (κ1) is 22.3. The van der Waals surface area contributed by atoms with E-state index >= 15 is 0 Å². The van der Waals surface area contributed by atoms with Gasteiger partial charge in [0.05, 0.1) is 21.3 Å². The topological polar surface area (TPSA) is 123 Å². The number of hydrogen-bond acceptors (Lipinski definition) is 6. The van der Waals surface area contributed by atoms with Crippen molar-refractivity contribution in [2.45, 2.75) is 0 Å². The van der Waals surface area contributed by atoms with Crippen LogP contribution >= 0.6 is 0 Å². The number of ether oxygens (including phenoxy) is 3. The van der Waals surface area contributed by atoms with Crippen molar-refractivity contribution in [2.24, 2.45) is 0 Å². The maximum atomic E-state index is 12.6. The minimum Gasteiger partial charge on any atom is -0.497 e. The second kappa shape index (κ2) is 10.5. The third-order valence-corrected chi connectivity index (χ3v) is 3.96. The molecule has 30 heavy (non-hydrogen) atoms. The molecule has 0 aromatic heterocycles. The zero-order valence-corrected chi connectivity index (χ0v) is 16.7. The molecule has 0 saturated heterocycles. The van der Waals surface area contributed by atoms with Crippen LogP contribution in [0.3, 0.4) is 0 Å². The number of benzene rings is 2. The molecule has 0 atom stereocenters. The molecule has 2 amide bonds. The molecule has 0 aliphatic carbocycles. The van der Waals surface area contributed by atoms with Crippen LogP contribution in [0.1, 0.15) is 15.9 Å². The lowest BCUT2D eigenvalue weighted by Crippen LogP contribution is -2.37. The van der Waals surface area contributed by atoms with Crippen molar-refractivity contribution in [3.8, 4) is 17.2 Å². The van der Waals surface area contributed by atoms with Crippen molar-refractivity contribution in [2.75, 3.05) is 27.9 Å². The van der Waals surface area contributed by atoms with Crippen LogP contribution in [0.4, 0.5) is 0 Å². The normalized spacial score (nSPS) is 10.7. The molecule has 0 saturated carbocycles. The van der Waals surface area contributed by atoms with Crippen molar-refractivity contribution in [1.82, 2.24) is 10.6 Å². The summed E-state index contributed by atoms with van der Waals surface area (Å²) in [6, 6.07) is 11.2. The highest BCUT2D eigenvalue weighted by molar-refractivity contribution is 6.05. The summed E-state index contributed by atoms with van der Waals surface area (Å²) in [4.78, 5) is 35.8. The third kappa shape index (κ3) is 5.99. The van der Waals surface area contributed by atoms with Crippen molar-refractivity contribution < 1.29 is 33.7 Å². The van der Waals surface area contributed by atoms with Crippen molar-refractivity contribution in [3.63, 3.8) is 0 Å². The Morgan fingerprint density at radius 2 is 1.60 bits per heavy atom. The molecular formula is C21H22N2O7. The maximum absolute atomic E-state index is 12.6. The molecule has 9 nitrogen and oxygen atoms in total. The largest absolute Gasteiger partial charge is 0.497 e. The average Bonchev–Trinajstić information content (AvgIpc) is 2.76. The molecule has 158 valence electrons. The Labute approximate surface area is 173 Å².